The number of carbonyl (C=O) groups excluding carboxylic acids is 2. The van der Waals surface area contributed by atoms with E-state index in [2.05, 4.69) is 17.6 Å². The van der Waals surface area contributed by atoms with E-state index in [0.717, 1.165) is 38.0 Å². The molecule has 1 saturated heterocycles. The third kappa shape index (κ3) is 4.08. The summed E-state index contributed by atoms with van der Waals surface area (Å²) < 4.78 is 0. The van der Waals surface area contributed by atoms with Gasteiger partial charge in [0.1, 0.15) is 0 Å². The quantitative estimate of drug-likeness (QED) is 0.857. The smallest absolute Gasteiger partial charge is 0.254 e. The molecule has 0 radical (unpaired) electrons. The van der Waals surface area contributed by atoms with Crippen molar-refractivity contribution in [3.8, 4) is 0 Å². The first-order chi connectivity index (χ1) is 11.1. The molecule has 5 nitrogen and oxygen atoms in total. The van der Waals surface area contributed by atoms with Crippen LogP contribution < -0.4 is 10.6 Å². The SMILES string of the molecule is CNCC1CCCN1C(=O)c1ccc(NC(=O)C2CC2C)cc1.Cl. The molecule has 2 N–H and O–H groups in total. The van der Waals surface area contributed by atoms with E-state index in [1.807, 2.05) is 36.2 Å². The number of carbonyl (C=O) groups is 2. The Morgan fingerprint density at radius 1 is 1.25 bits per heavy atom. The molecule has 1 aromatic carbocycles. The van der Waals surface area contributed by atoms with Crippen molar-refractivity contribution in [2.45, 2.75) is 32.2 Å². The van der Waals surface area contributed by atoms with Crippen LogP contribution in [0.3, 0.4) is 0 Å². The van der Waals surface area contributed by atoms with E-state index in [0.29, 0.717) is 11.5 Å². The Kier molecular flexibility index (Phi) is 6.24. The van der Waals surface area contributed by atoms with Gasteiger partial charge in [-0.15, -0.1) is 12.4 Å². The van der Waals surface area contributed by atoms with Crippen molar-refractivity contribution < 1.29 is 9.59 Å². The second-order valence-corrected chi connectivity index (χ2v) is 6.74. The van der Waals surface area contributed by atoms with Crippen LogP contribution in [0.4, 0.5) is 5.69 Å². The molecule has 3 unspecified atom stereocenters. The number of hydrogen-bond acceptors (Lipinski definition) is 3. The summed E-state index contributed by atoms with van der Waals surface area (Å²) in [5.74, 6) is 0.819. The highest BCUT2D eigenvalue weighted by Gasteiger charge is 2.39. The first-order valence-electron chi connectivity index (χ1n) is 8.46. The molecule has 0 aromatic heterocycles. The van der Waals surface area contributed by atoms with E-state index in [1.54, 1.807) is 0 Å². The summed E-state index contributed by atoms with van der Waals surface area (Å²) in [6, 6.07) is 7.54. The van der Waals surface area contributed by atoms with Gasteiger partial charge in [-0.05, 0) is 56.5 Å². The van der Waals surface area contributed by atoms with Gasteiger partial charge in [0.2, 0.25) is 5.91 Å². The number of anilines is 1. The maximum Gasteiger partial charge on any atom is 0.254 e. The van der Waals surface area contributed by atoms with Crippen molar-refractivity contribution >= 4 is 29.9 Å². The molecule has 2 aliphatic rings. The van der Waals surface area contributed by atoms with Gasteiger partial charge in [-0.1, -0.05) is 6.92 Å². The number of hydrogen-bond donors (Lipinski definition) is 2. The molecule has 1 aliphatic heterocycles. The summed E-state index contributed by atoms with van der Waals surface area (Å²) in [7, 11) is 1.92. The van der Waals surface area contributed by atoms with Gasteiger partial charge in [0.15, 0.2) is 0 Å². The number of nitrogens with one attached hydrogen (secondary N) is 2. The first-order valence-corrected chi connectivity index (χ1v) is 8.46. The van der Waals surface area contributed by atoms with Crippen molar-refractivity contribution in [2.75, 3.05) is 25.5 Å². The van der Waals surface area contributed by atoms with Crippen LogP contribution in [-0.4, -0.2) is 42.9 Å². The molecule has 1 saturated carbocycles. The van der Waals surface area contributed by atoms with Gasteiger partial charge in [-0.25, -0.2) is 0 Å². The summed E-state index contributed by atoms with van der Waals surface area (Å²) >= 11 is 0. The fourth-order valence-electron chi connectivity index (χ4n) is 3.34. The molecule has 1 aliphatic carbocycles. The van der Waals surface area contributed by atoms with Crippen LogP contribution in [0.15, 0.2) is 24.3 Å². The molecule has 1 aromatic rings. The van der Waals surface area contributed by atoms with E-state index in [9.17, 15) is 9.59 Å². The number of nitrogens with zero attached hydrogens (tertiary/aromatic N) is 1. The molecular formula is C18H26ClN3O2. The van der Waals surface area contributed by atoms with Gasteiger partial charge >= 0.3 is 0 Å². The highest BCUT2D eigenvalue weighted by molar-refractivity contribution is 5.97. The van der Waals surface area contributed by atoms with Crippen LogP contribution in [-0.2, 0) is 4.79 Å². The lowest BCUT2D eigenvalue weighted by Gasteiger charge is -2.24. The Balaban J connectivity index is 0.00000208. The van der Waals surface area contributed by atoms with Gasteiger partial charge in [-0.3, -0.25) is 9.59 Å². The average Bonchev–Trinajstić information content (AvgIpc) is 3.10. The third-order valence-corrected chi connectivity index (χ3v) is 4.92. The van der Waals surface area contributed by atoms with E-state index in [4.69, 9.17) is 0 Å². The largest absolute Gasteiger partial charge is 0.334 e. The monoisotopic (exact) mass is 351 g/mol. The predicted molar refractivity (Wildman–Crippen MR) is 97.6 cm³/mol. The molecule has 1 heterocycles. The van der Waals surface area contributed by atoms with Crippen LogP contribution >= 0.6 is 12.4 Å². The Labute approximate surface area is 149 Å². The lowest BCUT2D eigenvalue weighted by Crippen LogP contribution is -2.40. The molecule has 132 valence electrons. The van der Waals surface area contributed by atoms with E-state index >= 15 is 0 Å². The highest BCUT2D eigenvalue weighted by Crippen LogP contribution is 2.38. The predicted octanol–water partition coefficient (Wildman–Crippen LogP) is 2.53. The molecule has 2 amide bonds. The molecular weight excluding hydrogens is 326 g/mol. The maximum atomic E-state index is 12.6. The Bertz CT molecular complexity index is 590. The maximum absolute atomic E-state index is 12.6. The number of halogens is 1. The van der Waals surface area contributed by atoms with Gasteiger partial charge < -0.3 is 15.5 Å². The normalized spacial score (nSPS) is 25.1. The van der Waals surface area contributed by atoms with Crippen LogP contribution in [0, 0.1) is 11.8 Å². The van der Waals surface area contributed by atoms with E-state index in [-0.39, 0.29) is 36.2 Å². The van der Waals surface area contributed by atoms with Gasteiger partial charge in [0.05, 0.1) is 0 Å². The summed E-state index contributed by atoms with van der Waals surface area (Å²) in [4.78, 5) is 26.5. The molecule has 0 bridgehead atoms. The summed E-state index contributed by atoms with van der Waals surface area (Å²) in [5, 5.41) is 6.08. The number of likely N-dealkylation sites (N-methyl/N-ethyl adjacent to an activating group) is 1. The Morgan fingerprint density at radius 2 is 1.92 bits per heavy atom. The molecule has 3 rings (SSSR count). The summed E-state index contributed by atoms with van der Waals surface area (Å²) in [6.45, 7) is 3.74. The van der Waals surface area contributed by atoms with Crippen molar-refractivity contribution in [1.82, 2.24) is 10.2 Å². The highest BCUT2D eigenvalue weighted by atomic mass is 35.5. The fourth-order valence-corrected chi connectivity index (χ4v) is 3.34. The summed E-state index contributed by atoms with van der Waals surface area (Å²) in [5.41, 5.74) is 1.45. The number of likely N-dealkylation sites (tertiary alicyclic amines) is 1. The third-order valence-electron chi connectivity index (χ3n) is 4.92. The van der Waals surface area contributed by atoms with Crippen LogP contribution in [0.5, 0.6) is 0 Å². The van der Waals surface area contributed by atoms with Crippen molar-refractivity contribution in [1.29, 1.82) is 0 Å². The lowest BCUT2D eigenvalue weighted by molar-refractivity contribution is -0.117. The minimum Gasteiger partial charge on any atom is -0.334 e. The molecule has 3 atom stereocenters. The van der Waals surface area contributed by atoms with Gasteiger partial charge in [0, 0.05) is 36.3 Å². The average molecular weight is 352 g/mol. The molecule has 24 heavy (non-hydrogen) atoms. The van der Waals surface area contributed by atoms with Crippen LogP contribution in [0.2, 0.25) is 0 Å². The van der Waals surface area contributed by atoms with Crippen molar-refractivity contribution in [2.24, 2.45) is 11.8 Å². The first kappa shape index (κ1) is 18.7. The van der Waals surface area contributed by atoms with E-state index in [1.165, 1.54) is 0 Å². The number of rotatable bonds is 5. The second-order valence-electron chi connectivity index (χ2n) is 6.74. The van der Waals surface area contributed by atoms with Crippen molar-refractivity contribution in [3.63, 3.8) is 0 Å². The zero-order valence-electron chi connectivity index (χ0n) is 14.2. The minimum atomic E-state index is 0. The van der Waals surface area contributed by atoms with E-state index < -0.39 is 0 Å². The van der Waals surface area contributed by atoms with Crippen LogP contribution in [0.25, 0.3) is 0 Å². The molecule has 6 heteroatoms. The standard InChI is InChI=1S/C18H25N3O2.ClH/c1-12-10-16(12)17(22)20-14-7-5-13(6-8-14)18(23)21-9-3-4-15(21)11-19-2;/h5-8,12,15-16,19H,3-4,9-11H2,1-2H3,(H,20,22);1H. The van der Waals surface area contributed by atoms with Crippen molar-refractivity contribution in [3.05, 3.63) is 29.8 Å². The Hall–Kier alpha value is -1.59. The Morgan fingerprint density at radius 3 is 2.50 bits per heavy atom. The lowest BCUT2D eigenvalue weighted by atomic mass is 10.1. The van der Waals surface area contributed by atoms with Gasteiger partial charge in [-0.2, -0.15) is 0 Å². The number of amides is 2. The van der Waals surface area contributed by atoms with Gasteiger partial charge in [0.25, 0.3) is 5.91 Å². The van der Waals surface area contributed by atoms with Crippen LogP contribution in [0.1, 0.15) is 36.5 Å². The topological polar surface area (TPSA) is 61.4 Å². The summed E-state index contributed by atoms with van der Waals surface area (Å²) in [6.07, 6.45) is 3.09. The zero-order valence-corrected chi connectivity index (χ0v) is 15.1. The molecule has 2 fully saturated rings. The second kappa shape index (κ2) is 7.99. The minimum absolute atomic E-state index is 0. The zero-order chi connectivity index (χ0) is 16.4. The fraction of sp³-hybridized carbons (Fsp3) is 0.556. The molecule has 0 spiro atoms. The number of benzene rings is 1.